The second kappa shape index (κ2) is 8.93. The summed E-state index contributed by atoms with van der Waals surface area (Å²) < 4.78 is 1.97. The zero-order valence-electron chi connectivity index (χ0n) is 17.3. The van der Waals surface area contributed by atoms with Crippen LogP contribution in [-0.4, -0.2) is 68.8 Å². The third-order valence-corrected chi connectivity index (χ3v) is 6.35. The fourth-order valence-electron chi connectivity index (χ4n) is 4.63. The number of nitrogens with zero attached hydrogens (tertiary/aromatic N) is 6. The maximum Gasteiger partial charge on any atom is 0.123 e. The van der Waals surface area contributed by atoms with Crippen molar-refractivity contribution in [2.45, 2.75) is 25.3 Å². The summed E-state index contributed by atoms with van der Waals surface area (Å²) >= 11 is 0. The van der Waals surface area contributed by atoms with E-state index in [-0.39, 0.29) is 0 Å². The van der Waals surface area contributed by atoms with Crippen molar-refractivity contribution in [2.75, 3.05) is 44.6 Å². The van der Waals surface area contributed by atoms with E-state index in [1.807, 2.05) is 23.0 Å². The minimum absolute atomic E-state index is 0.586. The van der Waals surface area contributed by atoms with Gasteiger partial charge in [-0.1, -0.05) is 6.07 Å². The van der Waals surface area contributed by atoms with Gasteiger partial charge in [0.1, 0.15) is 12.7 Å². The first-order valence-electron chi connectivity index (χ1n) is 10.9. The van der Waals surface area contributed by atoms with Crippen LogP contribution in [0.25, 0.3) is 5.69 Å². The second-order valence-electron chi connectivity index (χ2n) is 8.34. The van der Waals surface area contributed by atoms with Crippen molar-refractivity contribution in [3.05, 3.63) is 66.5 Å². The van der Waals surface area contributed by atoms with Crippen LogP contribution in [0.4, 0.5) is 5.69 Å². The van der Waals surface area contributed by atoms with Crippen LogP contribution in [0, 0.1) is 0 Å². The van der Waals surface area contributed by atoms with Crippen molar-refractivity contribution in [3.8, 4) is 5.69 Å². The molecule has 1 unspecified atom stereocenters. The van der Waals surface area contributed by atoms with Gasteiger partial charge in [-0.25, -0.2) is 0 Å². The molecule has 7 heteroatoms. The molecule has 3 aromatic rings. The second-order valence-corrected chi connectivity index (χ2v) is 8.34. The largest absolute Gasteiger partial charge is 0.384 e. The summed E-state index contributed by atoms with van der Waals surface area (Å²) in [5.41, 5.74) is 5.16. The molecule has 1 atom stereocenters. The zero-order chi connectivity index (χ0) is 20.2. The average Bonchev–Trinajstić information content (AvgIpc) is 3.46. The molecule has 0 aliphatic carbocycles. The number of pyridine rings is 1. The number of hydrogen-bond donors (Lipinski definition) is 1. The van der Waals surface area contributed by atoms with Gasteiger partial charge in [0, 0.05) is 69.0 Å². The van der Waals surface area contributed by atoms with E-state index in [1.165, 1.54) is 36.2 Å². The summed E-state index contributed by atoms with van der Waals surface area (Å²) in [4.78, 5) is 9.39. The van der Waals surface area contributed by atoms with Gasteiger partial charge in [-0.2, -0.15) is 0 Å². The van der Waals surface area contributed by atoms with Crippen molar-refractivity contribution < 1.29 is 0 Å². The lowest BCUT2D eigenvalue weighted by atomic mass is 9.95. The van der Waals surface area contributed by atoms with Crippen molar-refractivity contribution in [1.29, 1.82) is 0 Å². The molecule has 7 nitrogen and oxygen atoms in total. The van der Waals surface area contributed by atoms with E-state index < -0.39 is 0 Å². The summed E-state index contributed by atoms with van der Waals surface area (Å²) in [6.07, 6.45) is 9.80. The smallest absolute Gasteiger partial charge is 0.123 e. The highest BCUT2D eigenvalue weighted by Crippen LogP contribution is 2.35. The van der Waals surface area contributed by atoms with Gasteiger partial charge in [-0.15, -0.1) is 10.2 Å². The minimum atomic E-state index is 0.586. The Hall–Kier alpha value is -2.77. The van der Waals surface area contributed by atoms with Crippen LogP contribution in [-0.2, 0) is 6.54 Å². The van der Waals surface area contributed by atoms with Gasteiger partial charge in [0.05, 0.1) is 0 Å². The third-order valence-electron chi connectivity index (χ3n) is 6.35. The fraction of sp³-hybridized carbons (Fsp3) is 0.435. The molecule has 0 radical (unpaired) electrons. The molecular weight excluding hydrogens is 374 g/mol. The summed E-state index contributed by atoms with van der Waals surface area (Å²) in [6.45, 7) is 7.86. The van der Waals surface area contributed by atoms with Gasteiger partial charge in [-0.3, -0.25) is 14.5 Å². The Bertz CT molecular complexity index is 933. The van der Waals surface area contributed by atoms with Crippen molar-refractivity contribution >= 4 is 5.69 Å². The summed E-state index contributed by atoms with van der Waals surface area (Å²) in [7, 11) is 0. The predicted molar refractivity (Wildman–Crippen MR) is 118 cm³/mol. The van der Waals surface area contributed by atoms with Crippen LogP contribution in [0.5, 0.6) is 0 Å². The van der Waals surface area contributed by atoms with Gasteiger partial charge in [-0.05, 0) is 54.8 Å². The minimum Gasteiger partial charge on any atom is -0.384 e. The molecule has 0 amide bonds. The maximum atomic E-state index is 4.23. The van der Waals surface area contributed by atoms with Crippen molar-refractivity contribution in [1.82, 2.24) is 29.5 Å². The Morgan fingerprint density at radius 1 is 1.00 bits per heavy atom. The van der Waals surface area contributed by atoms with E-state index in [0.29, 0.717) is 5.92 Å². The number of fused-ring (bicyclic) bond motifs is 1. The van der Waals surface area contributed by atoms with Crippen molar-refractivity contribution in [3.63, 3.8) is 0 Å². The summed E-state index contributed by atoms with van der Waals surface area (Å²) in [5, 5.41) is 11.4. The predicted octanol–water partition coefficient (Wildman–Crippen LogP) is 2.77. The molecule has 1 fully saturated rings. The van der Waals surface area contributed by atoms with Crippen LogP contribution < -0.4 is 5.32 Å². The van der Waals surface area contributed by atoms with Gasteiger partial charge >= 0.3 is 0 Å². The van der Waals surface area contributed by atoms with E-state index in [4.69, 9.17) is 0 Å². The molecule has 1 aromatic carbocycles. The zero-order valence-corrected chi connectivity index (χ0v) is 17.3. The highest BCUT2D eigenvalue weighted by atomic mass is 15.3. The Labute approximate surface area is 177 Å². The lowest BCUT2D eigenvalue weighted by Crippen LogP contribution is -2.46. The Balaban J connectivity index is 1.09. The molecule has 0 spiro atoms. The average molecular weight is 404 g/mol. The molecule has 2 aliphatic heterocycles. The number of benzene rings is 1. The van der Waals surface area contributed by atoms with Gasteiger partial charge < -0.3 is 10.2 Å². The Morgan fingerprint density at radius 2 is 1.83 bits per heavy atom. The van der Waals surface area contributed by atoms with Gasteiger partial charge in [0.2, 0.25) is 0 Å². The fourth-order valence-corrected chi connectivity index (χ4v) is 4.63. The normalized spacial score (nSPS) is 19.5. The number of aromatic nitrogens is 4. The van der Waals surface area contributed by atoms with Crippen LogP contribution in [0.1, 0.15) is 29.9 Å². The molecule has 0 saturated carbocycles. The van der Waals surface area contributed by atoms with Crippen LogP contribution in [0.2, 0.25) is 0 Å². The van der Waals surface area contributed by atoms with E-state index >= 15 is 0 Å². The van der Waals surface area contributed by atoms with Crippen molar-refractivity contribution in [2.24, 2.45) is 0 Å². The van der Waals surface area contributed by atoms with E-state index in [2.05, 4.69) is 54.6 Å². The molecule has 1 N–H and O–H groups in total. The topological polar surface area (TPSA) is 62.1 Å². The standard InChI is InChI=1S/C23H29N7/c1-3-19(14-24-7-1)16-29-11-9-28(10-12-29)8-2-4-20-15-25-23-6-5-21(13-22(20)23)30-17-26-27-18-30/h1,3,5-7,13-14,17-18,20,25H,2,4,8-12,15-16H2. The van der Waals surface area contributed by atoms with Gasteiger partial charge in [0.15, 0.2) is 0 Å². The van der Waals surface area contributed by atoms with Crippen LogP contribution in [0.3, 0.4) is 0 Å². The van der Waals surface area contributed by atoms with Gasteiger partial charge in [0.25, 0.3) is 0 Å². The Kier molecular flexibility index (Phi) is 5.72. The first-order chi connectivity index (χ1) is 14.8. The first-order valence-corrected chi connectivity index (χ1v) is 10.9. The highest BCUT2D eigenvalue weighted by Gasteiger charge is 2.23. The monoisotopic (exact) mass is 403 g/mol. The molecule has 2 aliphatic rings. The van der Waals surface area contributed by atoms with Crippen LogP contribution in [0.15, 0.2) is 55.4 Å². The number of hydrogen-bond acceptors (Lipinski definition) is 6. The maximum absolute atomic E-state index is 4.23. The number of nitrogens with one attached hydrogen (secondary N) is 1. The molecule has 1 saturated heterocycles. The van der Waals surface area contributed by atoms with E-state index in [1.54, 1.807) is 12.7 Å². The molecule has 156 valence electrons. The van der Waals surface area contributed by atoms with E-state index in [9.17, 15) is 0 Å². The van der Waals surface area contributed by atoms with Crippen LogP contribution >= 0.6 is 0 Å². The summed E-state index contributed by atoms with van der Waals surface area (Å²) in [5.74, 6) is 0.586. The molecule has 2 aromatic heterocycles. The highest BCUT2D eigenvalue weighted by molar-refractivity contribution is 5.61. The van der Waals surface area contributed by atoms with E-state index in [0.717, 1.165) is 45.0 Å². The SMILES string of the molecule is c1cncc(CN2CCN(CCCC3CNc4ccc(-n5cnnc5)cc43)CC2)c1. The summed E-state index contributed by atoms with van der Waals surface area (Å²) in [6, 6.07) is 10.8. The molecule has 5 rings (SSSR count). The quantitative estimate of drug-likeness (QED) is 0.655. The number of rotatable bonds is 7. The lowest BCUT2D eigenvalue weighted by Gasteiger charge is -2.34. The Morgan fingerprint density at radius 3 is 2.63 bits per heavy atom. The molecule has 4 heterocycles. The third kappa shape index (κ3) is 4.37. The molecular formula is C23H29N7. The lowest BCUT2D eigenvalue weighted by molar-refractivity contribution is 0.125. The number of anilines is 1. The first kappa shape index (κ1) is 19.2. The molecule has 0 bridgehead atoms. The molecule has 30 heavy (non-hydrogen) atoms. The number of piperazine rings is 1.